The van der Waals surface area contributed by atoms with Crippen LogP contribution in [0.2, 0.25) is 0 Å². The van der Waals surface area contributed by atoms with Crippen molar-refractivity contribution in [2.75, 3.05) is 0 Å². The lowest BCUT2D eigenvalue weighted by Gasteiger charge is -1.80. The van der Waals surface area contributed by atoms with Crippen molar-refractivity contribution in [3.05, 3.63) is 24.8 Å². The minimum absolute atomic E-state index is 0. The van der Waals surface area contributed by atoms with Gasteiger partial charge in [-0.25, -0.2) is 0 Å². The van der Waals surface area contributed by atoms with E-state index < -0.39 is 0 Å². The molecule has 2 heteroatoms. The van der Waals surface area contributed by atoms with Crippen LogP contribution in [0.4, 0.5) is 0 Å². The molecule has 0 aromatic carbocycles. The van der Waals surface area contributed by atoms with Gasteiger partial charge in [-0.3, -0.25) is 9.59 Å². The molecule has 0 unspecified atom stereocenters. The molecule has 0 amide bonds. The number of rotatable bonds is 2. The maximum atomic E-state index is 10.0. The average molecular weight is 170 g/mol. The standard InChI is InChI=1S/C5H8O.C4H6O.CH4/c1-4(2)5(3)6;1-3-4(2)5;/h1H2,2-3H3;3H,1H2,2H3;1H4. The third kappa shape index (κ3) is 23.2. The van der Waals surface area contributed by atoms with Gasteiger partial charge in [0.1, 0.15) is 0 Å². The molecule has 0 saturated carbocycles. The van der Waals surface area contributed by atoms with E-state index in [0.29, 0.717) is 5.57 Å². The Labute approximate surface area is 75.0 Å². The van der Waals surface area contributed by atoms with Gasteiger partial charge in [-0.1, -0.05) is 20.6 Å². The van der Waals surface area contributed by atoms with E-state index in [0.717, 1.165) is 0 Å². The van der Waals surface area contributed by atoms with E-state index in [4.69, 9.17) is 0 Å². The third-order valence-corrected chi connectivity index (χ3v) is 0.888. The van der Waals surface area contributed by atoms with E-state index >= 15 is 0 Å². The molecular weight excluding hydrogens is 152 g/mol. The molecule has 2 nitrogen and oxygen atoms in total. The van der Waals surface area contributed by atoms with Crippen molar-refractivity contribution < 1.29 is 9.59 Å². The van der Waals surface area contributed by atoms with E-state index in [-0.39, 0.29) is 19.0 Å². The Kier molecular flexibility index (Phi) is 14.0. The SMILES string of the molecule is C.C=C(C)C(C)=O.C=CC(C)=O. The molecule has 0 saturated heterocycles. The molecule has 0 aliphatic heterocycles. The van der Waals surface area contributed by atoms with Crippen molar-refractivity contribution in [1.82, 2.24) is 0 Å². The molecular formula is C10H18O2. The summed E-state index contributed by atoms with van der Waals surface area (Å²) < 4.78 is 0. The van der Waals surface area contributed by atoms with Gasteiger partial charge in [0, 0.05) is 0 Å². The van der Waals surface area contributed by atoms with Gasteiger partial charge in [-0.15, -0.1) is 0 Å². The Bertz CT molecular complexity index is 166. The van der Waals surface area contributed by atoms with Crippen LogP contribution in [-0.2, 0) is 9.59 Å². The van der Waals surface area contributed by atoms with E-state index in [2.05, 4.69) is 13.2 Å². The maximum absolute atomic E-state index is 10.0. The Hall–Kier alpha value is -1.18. The zero-order chi connectivity index (χ0) is 9.44. The van der Waals surface area contributed by atoms with Gasteiger partial charge >= 0.3 is 0 Å². The number of ketones is 2. The molecule has 0 rings (SSSR count). The summed E-state index contributed by atoms with van der Waals surface area (Å²) in [4.78, 5) is 19.7. The molecule has 0 heterocycles. The fourth-order valence-corrected chi connectivity index (χ4v) is 0. The van der Waals surface area contributed by atoms with Crippen LogP contribution in [0.25, 0.3) is 0 Å². The Morgan fingerprint density at radius 3 is 1.33 bits per heavy atom. The van der Waals surface area contributed by atoms with Crippen molar-refractivity contribution in [2.45, 2.75) is 28.2 Å². The number of carbonyl (C=O) groups is 2. The number of carbonyl (C=O) groups excluding carboxylic acids is 2. The van der Waals surface area contributed by atoms with Gasteiger partial charge in [-0.05, 0) is 32.4 Å². The highest BCUT2D eigenvalue weighted by molar-refractivity contribution is 5.91. The quantitative estimate of drug-likeness (QED) is 0.597. The van der Waals surface area contributed by atoms with E-state index in [9.17, 15) is 9.59 Å². The van der Waals surface area contributed by atoms with Crippen molar-refractivity contribution in [2.24, 2.45) is 0 Å². The second kappa shape index (κ2) is 9.82. The van der Waals surface area contributed by atoms with E-state index in [1.165, 1.54) is 19.9 Å². The molecule has 0 radical (unpaired) electrons. The summed E-state index contributed by atoms with van der Waals surface area (Å²) in [6.07, 6.45) is 1.28. The second-order valence-corrected chi connectivity index (χ2v) is 2.15. The molecule has 0 spiro atoms. The fraction of sp³-hybridized carbons (Fsp3) is 0.400. The summed E-state index contributed by atoms with van der Waals surface area (Å²) in [5.74, 6) is 0.0833. The van der Waals surface area contributed by atoms with Gasteiger partial charge in [0.2, 0.25) is 0 Å². The molecule has 0 aliphatic rings. The number of hydrogen-bond donors (Lipinski definition) is 0. The minimum Gasteiger partial charge on any atom is -0.295 e. The van der Waals surface area contributed by atoms with Gasteiger partial charge in [-0.2, -0.15) is 0 Å². The minimum atomic E-state index is 0. The summed E-state index contributed by atoms with van der Waals surface area (Å²) in [6.45, 7) is 11.3. The first-order chi connectivity index (χ1) is 4.91. The van der Waals surface area contributed by atoms with Crippen molar-refractivity contribution in [3.63, 3.8) is 0 Å². The normalized spacial score (nSPS) is 6.58. The van der Waals surface area contributed by atoms with Gasteiger partial charge in [0.15, 0.2) is 11.6 Å². The molecule has 0 aliphatic carbocycles. The molecule has 0 aromatic heterocycles. The lowest BCUT2D eigenvalue weighted by molar-refractivity contribution is -0.114. The molecule has 0 atom stereocenters. The van der Waals surface area contributed by atoms with Crippen LogP contribution < -0.4 is 0 Å². The van der Waals surface area contributed by atoms with Crippen LogP contribution in [0.1, 0.15) is 28.2 Å². The summed E-state index contributed by atoms with van der Waals surface area (Å²) >= 11 is 0. The van der Waals surface area contributed by atoms with Crippen molar-refractivity contribution >= 4 is 11.6 Å². The summed E-state index contributed by atoms with van der Waals surface area (Å²) in [5, 5.41) is 0. The van der Waals surface area contributed by atoms with Gasteiger partial charge in [0.25, 0.3) is 0 Å². The van der Waals surface area contributed by atoms with Crippen molar-refractivity contribution in [1.29, 1.82) is 0 Å². The van der Waals surface area contributed by atoms with Gasteiger partial charge < -0.3 is 0 Å². The zero-order valence-corrected chi connectivity index (χ0v) is 7.31. The largest absolute Gasteiger partial charge is 0.295 e. The van der Waals surface area contributed by atoms with Gasteiger partial charge in [0.05, 0.1) is 0 Å². The van der Waals surface area contributed by atoms with E-state index in [1.807, 2.05) is 0 Å². The highest BCUT2D eigenvalue weighted by Crippen LogP contribution is 1.84. The molecule has 70 valence electrons. The number of allylic oxidation sites excluding steroid dienone is 2. The summed E-state index contributed by atoms with van der Waals surface area (Å²) in [6, 6.07) is 0. The lowest BCUT2D eigenvalue weighted by atomic mass is 10.3. The number of Topliss-reactive ketones (excluding diaryl/α,β-unsaturated/α-hetero) is 1. The smallest absolute Gasteiger partial charge is 0.154 e. The van der Waals surface area contributed by atoms with Crippen LogP contribution in [0.15, 0.2) is 24.8 Å². The zero-order valence-electron chi connectivity index (χ0n) is 7.31. The van der Waals surface area contributed by atoms with Crippen LogP contribution in [0.3, 0.4) is 0 Å². The fourth-order valence-electron chi connectivity index (χ4n) is 0. The lowest BCUT2D eigenvalue weighted by Crippen LogP contribution is -1.86. The third-order valence-electron chi connectivity index (χ3n) is 0.888. The second-order valence-electron chi connectivity index (χ2n) is 2.15. The highest BCUT2D eigenvalue weighted by atomic mass is 16.1. The van der Waals surface area contributed by atoms with Crippen LogP contribution in [0, 0.1) is 0 Å². The Morgan fingerprint density at radius 1 is 1.17 bits per heavy atom. The number of hydrogen-bond acceptors (Lipinski definition) is 2. The van der Waals surface area contributed by atoms with Crippen LogP contribution >= 0.6 is 0 Å². The monoisotopic (exact) mass is 170 g/mol. The first kappa shape index (κ1) is 17.1. The predicted octanol–water partition coefficient (Wildman–Crippen LogP) is 2.55. The first-order valence-corrected chi connectivity index (χ1v) is 3.21. The molecule has 0 N–H and O–H groups in total. The molecule has 0 aromatic rings. The predicted molar refractivity (Wildman–Crippen MR) is 53.1 cm³/mol. The summed E-state index contributed by atoms with van der Waals surface area (Å²) in [7, 11) is 0. The molecule has 0 fully saturated rings. The Balaban J connectivity index is -0.000000126. The Morgan fingerprint density at radius 2 is 1.33 bits per heavy atom. The maximum Gasteiger partial charge on any atom is 0.154 e. The topological polar surface area (TPSA) is 34.1 Å². The van der Waals surface area contributed by atoms with Crippen LogP contribution in [-0.4, -0.2) is 11.6 Å². The average Bonchev–Trinajstić information content (AvgIpc) is 1.89. The highest BCUT2D eigenvalue weighted by Gasteiger charge is 1.85. The van der Waals surface area contributed by atoms with E-state index in [1.54, 1.807) is 6.92 Å². The van der Waals surface area contributed by atoms with Crippen LogP contribution in [0.5, 0.6) is 0 Å². The molecule has 12 heavy (non-hydrogen) atoms. The first-order valence-electron chi connectivity index (χ1n) is 3.21. The van der Waals surface area contributed by atoms with Crippen molar-refractivity contribution in [3.8, 4) is 0 Å². The molecule has 0 bridgehead atoms. The summed E-state index contributed by atoms with van der Waals surface area (Å²) in [5.41, 5.74) is 0.620.